The third-order valence-corrected chi connectivity index (χ3v) is 16.0. The lowest BCUT2D eigenvalue weighted by Crippen LogP contribution is -2.68. The Morgan fingerprint density at radius 2 is 0.506 bits per heavy atom. The number of hydrogen-bond acceptors (Lipinski definition) is 36. The zero-order valence-corrected chi connectivity index (χ0v) is 45.1. The van der Waals surface area contributed by atoms with Gasteiger partial charge in [0.1, 0.15) is 171 Å². The van der Waals surface area contributed by atoms with E-state index in [-0.39, 0.29) is 19.6 Å². The van der Waals surface area contributed by atoms with E-state index in [9.17, 15) is 102 Å². The Hall–Kier alpha value is -2.09. The molecule has 0 aliphatic carbocycles. The molecule has 14 bridgehead atoms. The fraction of sp³-hybridized carbons (Fsp3) is 1.00. The second-order valence-corrected chi connectivity index (χ2v) is 21.5. The van der Waals surface area contributed by atoms with E-state index in [1.54, 1.807) is 0 Å². The van der Waals surface area contributed by atoms with E-state index in [4.69, 9.17) is 76.6 Å². The van der Waals surface area contributed by atoms with Gasteiger partial charge in [0, 0.05) is 18.1 Å². The molecule has 38 nitrogen and oxygen atoms in total. The molecule has 15 saturated heterocycles. The number of fused-ring (bicyclic) bond motifs is 7. The minimum absolute atomic E-state index is 0.131. The normalized spacial score (nSPS) is 51.1. The summed E-state index contributed by atoms with van der Waals surface area (Å²) in [5.74, 6) is 0. The molecular weight excluding hydrogens is 1170 g/mol. The topological polar surface area (TPSA) is 592 Å². The molecule has 0 amide bonds. The molecule has 20 N–H and O–H groups in total. The smallest absolute Gasteiger partial charge is 0.187 e. The van der Waals surface area contributed by atoms with Crippen molar-refractivity contribution in [2.75, 3.05) is 59.4 Å². The highest BCUT2D eigenvalue weighted by molar-refractivity contribution is 5.02. The first-order chi connectivity index (χ1) is 40.7. The second-order valence-electron chi connectivity index (χ2n) is 21.5. The van der Waals surface area contributed by atoms with E-state index in [1.807, 2.05) is 0 Å². The zero-order chi connectivity index (χ0) is 61.7. The largest absolute Gasteiger partial charge is 0.394 e. The Labute approximate surface area is 481 Å². The molecule has 0 saturated carbocycles. The van der Waals surface area contributed by atoms with Crippen LogP contribution in [-0.4, -0.2) is 376 Å². The summed E-state index contributed by atoms with van der Waals surface area (Å²) >= 11 is 0. The predicted molar refractivity (Wildman–Crippen MR) is 260 cm³/mol. The SMILES string of the molecule is [N-]=[N+]=NCCCCCO[C@H]1[C@H]2O[C@H]3[C@@H](O)[C@H](O)[C@@H](O[C@H]4[C@@H](O)[C@H](O)[C@@H](O[C@H]5[C@@H](O)[C@H](O)[C@@H](O[C@H]6[C@H](O)[C@@H](O)[C@@H](O[C@H]7[C@H](O)[C@@H](O)[C@@H](O[C@H]8[C@H](O)[C@@H](O)[C@@H](O[C@@H]([C@@H]1O)[C@@H](CO)O2)O[C@@H]8CO)O[C@@H]7CO)O[C@@H]6CO)O[C@@H]5CO)O[C@@H]4CO)O[C@@H]3CO. The second kappa shape index (κ2) is 30.8. The number of aliphatic hydroxyl groups is 20. The summed E-state index contributed by atoms with van der Waals surface area (Å²) in [4.78, 5) is 2.69. The lowest BCUT2D eigenvalue weighted by atomic mass is 9.95. The maximum atomic E-state index is 12.1. The average Bonchev–Trinajstić information content (AvgIpc) is 1.73. The van der Waals surface area contributed by atoms with Crippen molar-refractivity contribution in [3.8, 4) is 0 Å². The summed E-state index contributed by atoms with van der Waals surface area (Å²) in [5, 5.41) is 226. The number of azide groups is 1. The van der Waals surface area contributed by atoms with Crippen LogP contribution in [0, 0.1) is 0 Å². The molecule has 35 atom stereocenters. The van der Waals surface area contributed by atoms with Crippen LogP contribution in [0.5, 0.6) is 0 Å². The first-order valence-electron chi connectivity index (χ1n) is 27.6. The highest BCUT2D eigenvalue weighted by Crippen LogP contribution is 2.39. The summed E-state index contributed by atoms with van der Waals surface area (Å²) in [6, 6.07) is 0. The summed E-state index contributed by atoms with van der Waals surface area (Å²) in [7, 11) is 0. The number of ether oxygens (including phenoxy) is 15. The van der Waals surface area contributed by atoms with Crippen LogP contribution in [0.4, 0.5) is 0 Å². The minimum Gasteiger partial charge on any atom is -0.394 e. The maximum absolute atomic E-state index is 12.1. The molecule has 15 rings (SSSR count). The fourth-order valence-electron chi connectivity index (χ4n) is 11.3. The van der Waals surface area contributed by atoms with Crippen LogP contribution in [0.2, 0.25) is 0 Å². The van der Waals surface area contributed by atoms with Gasteiger partial charge in [-0.1, -0.05) is 11.5 Å². The van der Waals surface area contributed by atoms with Gasteiger partial charge in [0.25, 0.3) is 0 Å². The van der Waals surface area contributed by atoms with Gasteiger partial charge in [-0.25, -0.2) is 0 Å². The van der Waals surface area contributed by atoms with Crippen LogP contribution in [0.15, 0.2) is 5.11 Å². The Balaban J connectivity index is 1.10. The van der Waals surface area contributed by atoms with Crippen LogP contribution in [0.25, 0.3) is 10.4 Å². The first kappa shape index (κ1) is 68.8. The minimum atomic E-state index is -2.22. The van der Waals surface area contributed by atoms with Crippen molar-refractivity contribution in [3.05, 3.63) is 10.4 Å². The van der Waals surface area contributed by atoms with Gasteiger partial charge in [0.2, 0.25) is 0 Å². The zero-order valence-electron chi connectivity index (χ0n) is 45.1. The van der Waals surface area contributed by atoms with Gasteiger partial charge in [-0.2, -0.15) is 0 Å². The van der Waals surface area contributed by atoms with Gasteiger partial charge in [-0.3, -0.25) is 0 Å². The van der Waals surface area contributed by atoms with Crippen molar-refractivity contribution in [2.24, 2.45) is 5.11 Å². The van der Waals surface area contributed by atoms with Gasteiger partial charge in [0.15, 0.2) is 44.0 Å². The Morgan fingerprint density at radius 1 is 0.282 bits per heavy atom. The van der Waals surface area contributed by atoms with Crippen molar-refractivity contribution < 1.29 is 173 Å². The summed E-state index contributed by atoms with van der Waals surface area (Å²) in [6.07, 6.45) is -68.3. The average molecular weight is 1250 g/mol. The summed E-state index contributed by atoms with van der Waals surface area (Å²) in [5.41, 5.74) is 8.67. The van der Waals surface area contributed by atoms with Crippen LogP contribution >= 0.6 is 0 Å². The summed E-state index contributed by atoms with van der Waals surface area (Å²) in [6.45, 7) is -7.36. The molecule has 85 heavy (non-hydrogen) atoms. The fourth-order valence-corrected chi connectivity index (χ4v) is 11.3. The van der Waals surface area contributed by atoms with Gasteiger partial charge in [-0.15, -0.1) is 0 Å². The third kappa shape index (κ3) is 14.7. The molecule has 15 fully saturated rings. The number of unbranched alkanes of at least 4 members (excludes halogenated alkanes) is 2. The third-order valence-electron chi connectivity index (χ3n) is 16.0. The van der Waals surface area contributed by atoms with Crippen LogP contribution < -0.4 is 0 Å². The quantitative estimate of drug-likeness (QED) is 0.0332. The van der Waals surface area contributed by atoms with E-state index in [0.717, 1.165) is 0 Å². The summed E-state index contributed by atoms with van der Waals surface area (Å²) < 4.78 is 87.3. The monoisotopic (exact) mass is 1250 g/mol. The van der Waals surface area contributed by atoms with E-state index < -0.39 is 261 Å². The van der Waals surface area contributed by atoms with Gasteiger partial charge in [-0.05, 0) is 18.4 Å². The number of nitrogens with zero attached hydrogens (tertiary/aromatic N) is 3. The highest BCUT2D eigenvalue weighted by atomic mass is 16.8. The number of rotatable bonds is 14. The van der Waals surface area contributed by atoms with Gasteiger partial charge >= 0.3 is 0 Å². The van der Waals surface area contributed by atoms with Gasteiger partial charge in [0.05, 0.1) is 46.2 Å². The van der Waals surface area contributed by atoms with Gasteiger partial charge < -0.3 is 173 Å². The Bertz CT molecular complexity index is 2070. The highest BCUT2D eigenvalue weighted by Gasteiger charge is 2.60. The molecular formula is C47H79N3O35. The Morgan fingerprint density at radius 3 is 0.741 bits per heavy atom. The molecule has 0 radical (unpaired) electrons. The molecule has 15 aliphatic heterocycles. The molecule has 0 aromatic carbocycles. The molecule has 0 unspecified atom stereocenters. The molecule has 0 spiro atoms. The van der Waals surface area contributed by atoms with Crippen molar-refractivity contribution >= 4 is 0 Å². The molecule has 38 heteroatoms. The standard InChI is InChI=1S/C47H79N3O35/c48-50-49-4-2-1-3-5-71-40-32(70)39-19(12-57)78-47(40)85-38-18(11-56)77-45(31(69)25(38)63)83-36-16(9-54)75-43(29(67)23(36)61)81-34-14(7-52)73-41(27(65)21(34)59)79-33-13(6-51)72-42(26(64)20(33)58)80-35-15(8-53)74-44(28(66)22(35)60)82-37-17(10-55)76-46(84-39)30(68)24(37)62/h13-47,51-70H,1-12H2/t13-,14-,15-,16-,17-,18-,19-,20-,21+,22-,23+,24-,25+,26-,27+,28-,29+,30-,31+,32+,33-,34-,35-,36-,37-,38-,39-,40-,41-,42-,43-,44-,45-,46-,47-/m1/s1. The van der Waals surface area contributed by atoms with E-state index in [0.29, 0.717) is 12.8 Å². The lowest BCUT2D eigenvalue weighted by Gasteiger charge is -2.50. The maximum Gasteiger partial charge on any atom is 0.187 e. The first-order valence-corrected chi connectivity index (χ1v) is 27.6. The van der Waals surface area contributed by atoms with Crippen LogP contribution in [0.1, 0.15) is 19.3 Å². The van der Waals surface area contributed by atoms with Crippen LogP contribution in [0.3, 0.4) is 0 Å². The molecule has 15 heterocycles. The number of aliphatic hydroxyl groups excluding tert-OH is 20. The molecule has 0 aromatic rings. The van der Waals surface area contributed by atoms with Crippen molar-refractivity contribution in [1.82, 2.24) is 0 Å². The van der Waals surface area contributed by atoms with Crippen LogP contribution in [-0.2, 0) is 71.1 Å². The van der Waals surface area contributed by atoms with E-state index in [2.05, 4.69) is 10.0 Å². The lowest BCUT2D eigenvalue weighted by molar-refractivity contribution is -0.398. The van der Waals surface area contributed by atoms with E-state index in [1.165, 1.54) is 0 Å². The molecule has 0 aromatic heterocycles. The predicted octanol–water partition coefficient (Wildman–Crippen LogP) is -12.7. The Kier molecular flexibility index (Phi) is 24.9. The van der Waals surface area contributed by atoms with E-state index >= 15 is 0 Å². The molecule has 15 aliphatic rings. The molecule has 492 valence electrons. The van der Waals surface area contributed by atoms with Crippen molar-refractivity contribution in [2.45, 2.75) is 234 Å². The number of hydrogen-bond donors (Lipinski definition) is 20. The van der Waals surface area contributed by atoms with Crippen molar-refractivity contribution in [3.63, 3.8) is 0 Å². The van der Waals surface area contributed by atoms with Crippen molar-refractivity contribution in [1.29, 1.82) is 0 Å².